The fraction of sp³-hybridized carbons (Fsp3) is 0.727. The summed E-state index contributed by atoms with van der Waals surface area (Å²) in [6.07, 6.45) is 0.0919. The molecule has 2 aliphatic rings. The van der Waals surface area contributed by atoms with E-state index in [1.807, 2.05) is 0 Å². The standard InChI is InChI=1S/C11H17NO4/c1-6(13)4-7-9-10(8(14)5-12-7)16-11(2,3)15-9/h4,8-10,12,14H,5H2,1-3H3/b7-4+/t8-,9+,10-/m1/s1. The summed E-state index contributed by atoms with van der Waals surface area (Å²) in [5.41, 5.74) is 0.688. The molecule has 2 fully saturated rings. The molecule has 0 aromatic carbocycles. The van der Waals surface area contributed by atoms with Gasteiger partial charge in [-0.2, -0.15) is 0 Å². The first-order valence-electron chi connectivity index (χ1n) is 5.39. The normalized spacial score (nSPS) is 39.2. The molecule has 2 saturated heterocycles. The fourth-order valence-electron chi connectivity index (χ4n) is 2.10. The average Bonchev–Trinajstić information content (AvgIpc) is 2.47. The van der Waals surface area contributed by atoms with Crippen LogP contribution in [0.2, 0.25) is 0 Å². The number of ketones is 1. The molecule has 16 heavy (non-hydrogen) atoms. The number of aliphatic hydroxyl groups excluding tert-OH is 1. The average molecular weight is 227 g/mol. The van der Waals surface area contributed by atoms with Gasteiger partial charge in [0.2, 0.25) is 0 Å². The van der Waals surface area contributed by atoms with Crippen LogP contribution in [-0.2, 0) is 14.3 Å². The van der Waals surface area contributed by atoms with E-state index in [0.29, 0.717) is 12.2 Å². The lowest BCUT2D eigenvalue weighted by atomic mass is 10.00. The number of carbonyl (C=O) groups is 1. The van der Waals surface area contributed by atoms with Gasteiger partial charge >= 0.3 is 0 Å². The van der Waals surface area contributed by atoms with Crippen molar-refractivity contribution in [3.8, 4) is 0 Å². The Hall–Kier alpha value is -0.910. The van der Waals surface area contributed by atoms with Crippen molar-refractivity contribution in [1.82, 2.24) is 5.32 Å². The number of β-amino-alcohol motifs (C(OH)–C–C–N with tert-alkyl or cyclic N) is 1. The summed E-state index contributed by atoms with van der Waals surface area (Å²) in [6, 6.07) is 0. The number of hydrogen-bond donors (Lipinski definition) is 2. The van der Waals surface area contributed by atoms with E-state index >= 15 is 0 Å². The molecule has 0 radical (unpaired) electrons. The number of aliphatic hydroxyl groups is 1. The van der Waals surface area contributed by atoms with Crippen molar-refractivity contribution >= 4 is 5.78 Å². The quantitative estimate of drug-likeness (QED) is 0.614. The van der Waals surface area contributed by atoms with Crippen molar-refractivity contribution in [2.45, 2.75) is 44.9 Å². The molecule has 0 saturated carbocycles. The van der Waals surface area contributed by atoms with Crippen LogP contribution in [0.4, 0.5) is 0 Å². The van der Waals surface area contributed by atoms with E-state index in [9.17, 15) is 9.90 Å². The van der Waals surface area contributed by atoms with Crippen LogP contribution in [-0.4, -0.2) is 41.5 Å². The third kappa shape index (κ3) is 2.11. The number of fused-ring (bicyclic) bond motifs is 1. The second-order valence-electron chi connectivity index (χ2n) is 4.68. The van der Waals surface area contributed by atoms with E-state index in [-0.39, 0.29) is 11.9 Å². The summed E-state index contributed by atoms with van der Waals surface area (Å²) in [5, 5.41) is 12.8. The summed E-state index contributed by atoms with van der Waals surface area (Å²) >= 11 is 0. The summed E-state index contributed by atoms with van der Waals surface area (Å²) in [7, 11) is 0. The summed E-state index contributed by atoms with van der Waals surface area (Å²) in [5.74, 6) is -0.774. The van der Waals surface area contributed by atoms with Crippen molar-refractivity contribution in [3.05, 3.63) is 11.8 Å². The van der Waals surface area contributed by atoms with Gasteiger partial charge in [0.1, 0.15) is 18.3 Å². The number of carbonyl (C=O) groups excluding carboxylic acids is 1. The molecule has 2 rings (SSSR count). The maximum atomic E-state index is 11.1. The predicted octanol–water partition coefficient (Wildman–Crippen LogP) is -0.0565. The lowest BCUT2D eigenvalue weighted by Crippen LogP contribution is -2.50. The van der Waals surface area contributed by atoms with Crippen molar-refractivity contribution in [1.29, 1.82) is 0 Å². The number of allylic oxidation sites excluding steroid dienone is 1. The summed E-state index contributed by atoms with van der Waals surface area (Å²) < 4.78 is 11.3. The van der Waals surface area contributed by atoms with Crippen LogP contribution in [0.15, 0.2) is 11.8 Å². The Morgan fingerprint density at radius 3 is 2.88 bits per heavy atom. The topological polar surface area (TPSA) is 67.8 Å². The first kappa shape index (κ1) is 11.6. The largest absolute Gasteiger partial charge is 0.388 e. The molecule has 0 aromatic rings. The summed E-state index contributed by atoms with van der Waals surface area (Å²) in [6.45, 7) is 5.45. The third-order valence-corrected chi connectivity index (χ3v) is 2.69. The highest BCUT2D eigenvalue weighted by molar-refractivity contribution is 5.88. The zero-order valence-corrected chi connectivity index (χ0v) is 9.69. The highest BCUT2D eigenvalue weighted by atomic mass is 16.8. The molecule has 3 atom stereocenters. The van der Waals surface area contributed by atoms with Crippen molar-refractivity contribution in [3.63, 3.8) is 0 Å². The Morgan fingerprint density at radius 1 is 1.56 bits per heavy atom. The van der Waals surface area contributed by atoms with Crippen LogP contribution in [0, 0.1) is 0 Å². The molecule has 0 amide bonds. The van der Waals surface area contributed by atoms with E-state index in [2.05, 4.69) is 5.32 Å². The van der Waals surface area contributed by atoms with Crippen LogP contribution < -0.4 is 5.32 Å². The van der Waals surface area contributed by atoms with Gasteiger partial charge in [-0.15, -0.1) is 0 Å². The Balaban J connectivity index is 2.24. The van der Waals surface area contributed by atoms with E-state index in [0.717, 1.165) is 0 Å². The molecule has 2 heterocycles. The van der Waals surface area contributed by atoms with Crippen molar-refractivity contribution in [2.75, 3.05) is 6.54 Å². The molecule has 5 heteroatoms. The van der Waals surface area contributed by atoms with Crippen molar-refractivity contribution in [2.24, 2.45) is 0 Å². The van der Waals surface area contributed by atoms with Crippen LogP contribution in [0.1, 0.15) is 20.8 Å². The highest BCUT2D eigenvalue weighted by Crippen LogP contribution is 2.34. The maximum Gasteiger partial charge on any atom is 0.164 e. The minimum atomic E-state index is -0.724. The monoisotopic (exact) mass is 227 g/mol. The van der Waals surface area contributed by atoms with Crippen LogP contribution >= 0.6 is 0 Å². The Kier molecular flexibility index (Phi) is 2.77. The molecular weight excluding hydrogens is 210 g/mol. The molecular formula is C11H17NO4. The van der Waals surface area contributed by atoms with E-state index in [4.69, 9.17) is 9.47 Å². The lowest BCUT2D eigenvalue weighted by molar-refractivity contribution is -0.151. The van der Waals surface area contributed by atoms with E-state index < -0.39 is 18.0 Å². The molecule has 2 aliphatic heterocycles. The second kappa shape index (κ2) is 3.84. The van der Waals surface area contributed by atoms with Gasteiger partial charge in [-0.3, -0.25) is 4.79 Å². The Bertz CT molecular complexity index is 337. The lowest BCUT2D eigenvalue weighted by Gasteiger charge is -2.31. The summed E-state index contributed by atoms with van der Waals surface area (Å²) in [4.78, 5) is 11.1. The molecule has 0 bridgehead atoms. The van der Waals surface area contributed by atoms with Crippen LogP contribution in [0.25, 0.3) is 0 Å². The molecule has 2 N–H and O–H groups in total. The number of ether oxygens (including phenoxy) is 2. The highest BCUT2D eigenvalue weighted by Gasteiger charge is 2.48. The third-order valence-electron chi connectivity index (χ3n) is 2.69. The number of nitrogens with one attached hydrogen (secondary N) is 1. The number of hydrogen-bond acceptors (Lipinski definition) is 5. The minimum absolute atomic E-state index is 0.0501. The molecule has 5 nitrogen and oxygen atoms in total. The SMILES string of the molecule is CC(=O)/C=C1/NC[C@@H](O)[C@H]2OC(C)(C)O[C@@H]12. The van der Waals surface area contributed by atoms with E-state index in [1.54, 1.807) is 13.8 Å². The van der Waals surface area contributed by atoms with Gasteiger partial charge in [0.05, 0.1) is 0 Å². The number of rotatable bonds is 1. The van der Waals surface area contributed by atoms with Gasteiger partial charge in [0, 0.05) is 18.3 Å². The van der Waals surface area contributed by atoms with Gasteiger partial charge in [0.15, 0.2) is 11.6 Å². The second-order valence-corrected chi connectivity index (χ2v) is 4.68. The zero-order chi connectivity index (χ0) is 11.9. The maximum absolute atomic E-state index is 11.1. The van der Waals surface area contributed by atoms with E-state index in [1.165, 1.54) is 13.0 Å². The van der Waals surface area contributed by atoms with Gasteiger partial charge in [-0.1, -0.05) is 0 Å². The fourth-order valence-corrected chi connectivity index (χ4v) is 2.10. The van der Waals surface area contributed by atoms with Gasteiger partial charge in [0.25, 0.3) is 0 Å². The van der Waals surface area contributed by atoms with Gasteiger partial charge < -0.3 is 19.9 Å². The number of piperidine rings is 1. The van der Waals surface area contributed by atoms with Crippen LogP contribution in [0.3, 0.4) is 0 Å². The predicted molar refractivity (Wildman–Crippen MR) is 56.6 cm³/mol. The zero-order valence-electron chi connectivity index (χ0n) is 9.69. The van der Waals surface area contributed by atoms with Crippen molar-refractivity contribution < 1.29 is 19.4 Å². The Morgan fingerprint density at radius 2 is 2.25 bits per heavy atom. The molecule has 90 valence electrons. The smallest absolute Gasteiger partial charge is 0.164 e. The molecule has 0 spiro atoms. The minimum Gasteiger partial charge on any atom is -0.388 e. The first-order valence-corrected chi connectivity index (χ1v) is 5.39. The first-order chi connectivity index (χ1) is 7.39. The van der Waals surface area contributed by atoms with Crippen LogP contribution in [0.5, 0.6) is 0 Å². The van der Waals surface area contributed by atoms with Gasteiger partial charge in [-0.05, 0) is 20.8 Å². The van der Waals surface area contributed by atoms with Gasteiger partial charge in [-0.25, -0.2) is 0 Å². The molecule has 0 unspecified atom stereocenters. The molecule has 0 aromatic heterocycles. The Labute approximate surface area is 94.4 Å². The molecule has 0 aliphatic carbocycles.